The van der Waals surface area contributed by atoms with Gasteiger partial charge in [-0.3, -0.25) is 9.20 Å². The Kier molecular flexibility index (Phi) is 4.37. The molecule has 2 aromatic carbocycles. The summed E-state index contributed by atoms with van der Waals surface area (Å²) in [6, 6.07) is 13.1. The normalized spacial score (nSPS) is 11.9. The average molecular weight is 402 g/mol. The summed E-state index contributed by atoms with van der Waals surface area (Å²) >= 11 is 0. The SMILES string of the molecule is NC(=O)c1c(C(F)(F)F)cc(NCc2ccc(F)cc2)n2c1nc1ccccc12. The molecule has 0 fully saturated rings. The Morgan fingerprint density at radius 2 is 1.79 bits per heavy atom. The lowest BCUT2D eigenvalue weighted by Gasteiger charge is -2.17. The predicted octanol–water partition coefficient (Wildman–Crippen LogP) is 4.36. The van der Waals surface area contributed by atoms with Crippen molar-refractivity contribution >= 4 is 28.4 Å². The number of carbonyl (C=O) groups is 1. The van der Waals surface area contributed by atoms with Crippen LogP contribution in [0.1, 0.15) is 21.5 Å². The molecule has 0 saturated carbocycles. The van der Waals surface area contributed by atoms with Gasteiger partial charge in [0.1, 0.15) is 11.6 Å². The number of nitrogens with one attached hydrogen (secondary N) is 1. The van der Waals surface area contributed by atoms with E-state index in [4.69, 9.17) is 5.73 Å². The van der Waals surface area contributed by atoms with E-state index in [0.717, 1.165) is 6.07 Å². The van der Waals surface area contributed by atoms with Gasteiger partial charge in [-0.1, -0.05) is 24.3 Å². The number of aromatic nitrogens is 2. The number of fused-ring (bicyclic) bond motifs is 3. The first-order valence-electron chi connectivity index (χ1n) is 8.55. The van der Waals surface area contributed by atoms with Crippen molar-refractivity contribution < 1.29 is 22.4 Å². The minimum atomic E-state index is -4.81. The van der Waals surface area contributed by atoms with Gasteiger partial charge in [-0.25, -0.2) is 9.37 Å². The molecule has 9 heteroatoms. The van der Waals surface area contributed by atoms with Crippen LogP contribution in [0.4, 0.5) is 23.4 Å². The number of amides is 1. The highest BCUT2D eigenvalue weighted by Gasteiger charge is 2.37. The molecule has 3 N–H and O–H groups in total. The number of hydrogen-bond donors (Lipinski definition) is 2. The van der Waals surface area contributed by atoms with Crippen molar-refractivity contribution in [3.8, 4) is 0 Å². The molecule has 148 valence electrons. The third-order valence-electron chi connectivity index (χ3n) is 4.51. The molecule has 1 amide bonds. The third kappa shape index (κ3) is 3.35. The number of halogens is 4. The van der Waals surface area contributed by atoms with Gasteiger partial charge < -0.3 is 11.1 Å². The standard InChI is InChI=1S/C20H14F4N4O/c21-12-7-5-11(6-8-12)10-26-16-9-13(20(22,23)24)17(18(25)29)19-27-14-3-1-2-4-15(14)28(16)19/h1-9,26H,10H2,(H2,25,29). The first-order chi connectivity index (χ1) is 13.8. The number of hydrogen-bond acceptors (Lipinski definition) is 3. The van der Waals surface area contributed by atoms with Crippen LogP contribution in [0.15, 0.2) is 54.6 Å². The van der Waals surface area contributed by atoms with Gasteiger partial charge in [0.15, 0.2) is 5.65 Å². The quantitative estimate of drug-likeness (QED) is 0.499. The second-order valence-corrected chi connectivity index (χ2v) is 6.42. The minimum absolute atomic E-state index is 0.0790. The zero-order chi connectivity index (χ0) is 20.8. The van der Waals surface area contributed by atoms with E-state index in [9.17, 15) is 22.4 Å². The van der Waals surface area contributed by atoms with Gasteiger partial charge in [-0.15, -0.1) is 0 Å². The van der Waals surface area contributed by atoms with Crippen molar-refractivity contribution in [3.05, 3.63) is 77.1 Å². The van der Waals surface area contributed by atoms with Crippen LogP contribution in [0.2, 0.25) is 0 Å². The van der Waals surface area contributed by atoms with Gasteiger partial charge >= 0.3 is 6.18 Å². The number of benzene rings is 2. The molecule has 0 bridgehead atoms. The first kappa shape index (κ1) is 18.7. The summed E-state index contributed by atoms with van der Waals surface area (Å²) in [5, 5.41) is 2.93. The first-order valence-corrected chi connectivity index (χ1v) is 8.55. The van der Waals surface area contributed by atoms with Gasteiger partial charge in [0.25, 0.3) is 5.91 Å². The van der Waals surface area contributed by atoms with Crippen molar-refractivity contribution in [2.24, 2.45) is 5.73 Å². The van der Waals surface area contributed by atoms with Gasteiger partial charge in [-0.2, -0.15) is 13.2 Å². The van der Waals surface area contributed by atoms with E-state index in [1.165, 1.54) is 28.7 Å². The molecule has 2 aromatic heterocycles. The van der Waals surface area contributed by atoms with Crippen molar-refractivity contribution in [3.63, 3.8) is 0 Å². The summed E-state index contributed by atoms with van der Waals surface area (Å²) in [5.41, 5.74) is 4.82. The highest BCUT2D eigenvalue weighted by atomic mass is 19.4. The molecule has 0 aliphatic rings. The number of anilines is 1. The Labute approximate surface area is 161 Å². The molecule has 0 atom stereocenters. The number of para-hydroxylation sites is 2. The molecular formula is C20H14F4N4O. The Bertz CT molecular complexity index is 1230. The summed E-state index contributed by atoms with van der Waals surface area (Å²) in [5.74, 6) is -1.56. The Hall–Kier alpha value is -3.62. The van der Waals surface area contributed by atoms with E-state index in [-0.39, 0.29) is 18.0 Å². The fourth-order valence-electron chi connectivity index (χ4n) is 3.22. The Morgan fingerprint density at radius 1 is 1.10 bits per heavy atom. The van der Waals surface area contributed by atoms with Gasteiger partial charge in [0, 0.05) is 6.54 Å². The van der Waals surface area contributed by atoms with Gasteiger partial charge in [-0.05, 0) is 35.9 Å². The molecule has 5 nitrogen and oxygen atoms in total. The van der Waals surface area contributed by atoms with Gasteiger partial charge in [0.2, 0.25) is 0 Å². The number of imidazole rings is 1. The summed E-state index contributed by atoms with van der Waals surface area (Å²) in [4.78, 5) is 16.1. The zero-order valence-corrected chi connectivity index (χ0v) is 14.8. The monoisotopic (exact) mass is 402 g/mol. The maximum Gasteiger partial charge on any atom is 0.417 e. The van der Waals surface area contributed by atoms with Crippen LogP contribution in [0.25, 0.3) is 16.7 Å². The summed E-state index contributed by atoms with van der Waals surface area (Å²) in [6.07, 6.45) is -4.81. The van der Waals surface area contributed by atoms with Crippen molar-refractivity contribution in [2.75, 3.05) is 5.32 Å². The molecular weight excluding hydrogens is 388 g/mol. The Balaban J connectivity index is 1.95. The second kappa shape index (κ2) is 6.77. The van der Waals surface area contributed by atoms with Crippen LogP contribution in [0.3, 0.4) is 0 Å². The summed E-state index contributed by atoms with van der Waals surface area (Å²) < 4.78 is 55.5. The third-order valence-corrected chi connectivity index (χ3v) is 4.51. The highest BCUT2D eigenvalue weighted by Crippen LogP contribution is 2.37. The van der Waals surface area contributed by atoms with Crippen molar-refractivity contribution in [1.82, 2.24) is 9.38 Å². The van der Waals surface area contributed by atoms with E-state index in [0.29, 0.717) is 16.6 Å². The number of primary amides is 1. The van der Waals surface area contributed by atoms with Crippen LogP contribution < -0.4 is 11.1 Å². The fraction of sp³-hybridized carbons (Fsp3) is 0.100. The second-order valence-electron chi connectivity index (χ2n) is 6.42. The largest absolute Gasteiger partial charge is 0.417 e. The van der Waals surface area contributed by atoms with Crippen molar-refractivity contribution in [2.45, 2.75) is 12.7 Å². The smallest absolute Gasteiger partial charge is 0.367 e. The van der Waals surface area contributed by atoms with E-state index in [1.54, 1.807) is 24.3 Å². The predicted molar refractivity (Wildman–Crippen MR) is 99.9 cm³/mol. The molecule has 0 spiro atoms. The maximum atomic E-state index is 13.7. The minimum Gasteiger partial charge on any atom is -0.367 e. The molecule has 0 radical (unpaired) electrons. The maximum absolute atomic E-state index is 13.7. The Morgan fingerprint density at radius 3 is 2.45 bits per heavy atom. The van der Waals surface area contributed by atoms with Crippen LogP contribution in [-0.2, 0) is 12.7 Å². The molecule has 29 heavy (non-hydrogen) atoms. The van der Waals surface area contributed by atoms with E-state index < -0.39 is 29.0 Å². The number of rotatable bonds is 4. The van der Waals surface area contributed by atoms with Crippen molar-refractivity contribution in [1.29, 1.82) is 0 Å². The molecule has 2 heterocycles. The van der Waals surface area contributed by atoms with Crippen LogP contribution in [-0.4, -0.2) is 15.3 Å². The lowest BCUT2D eigenvalue weighted by molar-refractivity contribution is -0.137. The van der Waals surface area contributed by atoms with E-state index in [2.05, 4.69) is 10.3 Å². The number of pyridine rings is 1. The highest BCUT2D eigenvalue weighted by molar-refractivity contribution is 6.03. The lowest BCUT2D eigenvalue weighted by atomic mass is 10.1. The number of nitrogens with two attached hydrogens (primary N) is 1. The van der Waals surface area contributed by atoms with Gasteiger partial charge in [0.05, 0.1) is 22.2 Å². The van der Waals surface area contributed by atoms with E-state index >= 15 is 0 Å². The van der Waals surface area contributed by atoms with E-state index in [1.807, 2.05) is 0 Å². The molecule has 0 saturated heterocycles. The fourth-order valence-corrected chi connectivity index (χ4v) is 3.22. The summed E-state index contributed by atoms with van der Waals surface area (Å²) in [6.45, 7) is 0.134. The zero-order valence-electron chi connectivity index (χ0n) is 14.8. The average Bonchev–Trinajstić information content (AvgIpc) is 3.05. The number of carbonyl (C=O) groups excluding carboxylic acids is 1. The van der Waals surface area contributed by atoms with Crippen LogP contribution >= 0.6 is 0 Å². The molecule has 0 aliphatic carbocycles. The van der Waals surface area contributed by atoms with Crippen LogP contribution in [0, 0.1) is 5.82 Å². The molecule has 0 aliphatic heterocycles. The number of nitrogens with zero attached hydrogens (tertiary/aromatic N) is 2. The number of alkyl halides is 3. The molecule has 4 rings (SSSR count). The van der Waals surface area contributed by atoms with Crippen LogP contribution in [0.5, 0.6) is 0 Å². The molecule has 4 aromatic rings. The lowest BCUT2D eigenvalue weighted by Crippen LogP contribution is -2.21. The topological polar surface area (TPSA) is 72.4 Å². The summed E-state index contributed by atoms with van der Waals surface area (Å²) in [7, 11) is 0. The molecule has 0 unspecified atom stereocenters.